The Hall–Kier alpha value is -1.52. The van der Waals surface area contributed by atoms with E-state index in [1.165, 1.54) is 17.0 Å². The van der Waals surface area contributed by atoms with Crippen molar-refractivity contribution in [3.8, 4) is 0 Å². The second-order valence-corrected chi connectivity index (χ2v) is 6.26. The average molecular weight is 307 g/mol. The van der Waals surface area contributed by atoms with Crippen LogP contribution >= 0.6 is 22.9 Å². The molecular weight excluding hydrogens is 295 g/mol. The average Bonchev–Trinajstić information content (AvgIpc) is 2.65. The molecule has 0 aliphatic carbocycles. The van der Waals surface area contributed by atoms with Gasteiger partial charge in [-0.1, -0.05) is 23.7 Å². The normalized spacial score (nSPS) is 11.2. The summed E-state index contributed by atoms with van der Waals surface area (Å²) in [5.74, 6) is 0.367. The van der Waals surface area contributed by atoms with Crippen LogP contribution in [0.25, 0.3) is 10.2 Å². The fourth-order valence-electron chi connectivity index (χ4n) is 2.15. The zero-order valence-electron chi connectivity index (χ0n) is 11.1. The van der Waals surface area contributed by atoms with Crippen molar-refractivity contribution in [1.29, 1.82) is 0 Å². The van der Waals surface area contributed by atoms with Gasteiger partial charge in [0, 0.05) is 11.3 Å². The standard InChI is InChI=1S/C15H12ClFN2S/c1-8-9(2)20-15-13(8)14(16)18-12(19-15)7-10-4-3-5-11(17)6-10/h3-6H,7H2,1-2H3. The predicted octanol–water partition coefficient (Wildman–Crippen LogP) is 4.69. The van der Waals surface area contributed by atoms with Gasteiger partial charge in [-0.2, -0.15) is 0 Å². The van der Waals surface area contributed by atoms with E-state index >= 15 is 0 Å². The molecule has 0 amide bonds. The van der Waals surface area contributed by atoms with Crippen LogP contribution in [0.3, 0.4) is 0 Å². The molecule has 0 N–H and O–H groups in total. The van der Waals surface area contributed by atoms with Crippen LogP contribution in [0.2, 0.25) is 5.15 Å². The molecule has 1 aromatic carbocycles. The molecule has 0 aliphatic heterocycles. The van der Waals surface area contributed by atoms with E-state index < -0.39 is 0 Å². The van der Waals surface area contributed by atoms with Crippen molar-refractivity contribution in [2.24, 2.45) is 0 Å². The van der Waals surface area contributed by atoms with Crippen molar-refractivity contribution in [3.05, 3.63) is 57.1 Å². The minimum atomic E-state index is -0.252. The van der Waals surface area contributed by atoms with Crippen LogP contribution in [0, 0.1) is 19.7 Å². The third-order valence-corrected chi connectivity index (χ3v) is 4.66. The first-order valence-electron chi connectivity index (χ1n) is 6.21. The second-order valence-electron chi connectivity index (χ2n) is 4.70. The Morgan fingerprint density at radius 1 is 1.25 bits per heavy atom. The first kappa shape index (κ1) is 13.5. The van der Waals surface area contributed by atoms with Crippen LogP contribution in [0.15, 0.2) is 24.3 Å². The molecule has 0 aliphatic rings. The van der Waals surface area contributed by atoms with Gasteiger partial charge in [-0.15, -0.1) is 11.3 Å². The number of aromatic nitrogens is 2. The quantitative estimate of drug-likeness (QED) is 0.642. The summed E-state index contributed by atoms with van der Waals surface area (Å²) >= 11 is 7.87. The SMILES string of the molecule is Cc1sc2nc(Cc3cccc(F)c3)nc(Cl)c2c1C. The largest absolute Gasteiger partial charge is 0.222 e. The number of aryl methyl sites for hydroxylation is 2. The molecule has 5 heteroatoms. The molecule has 0 unspecified atom stereocenters. The Balaban J connectivity index is 2.05. The number of thiophene rings is 1. The summed E-state index contributed by atoms with van der Waals surface area (Å²) in [5.41, 5.74) is 1.97. The van der Waals surface area contributed by atoms with Crippen molar-refractivity contribution >= 4 is 33.2 Å². The molecule has 0 fully saturated rings. The lowest BCUT2D eigenvalue weighted by Crippen LogP contribution is -1.97. The number of hydrogen-bond acceptors (Lipinski definition) is 3. The van der Waals surface area contributed by atoms with Crippen LogP contribution in [0.4, 0.5) is 4.39 Å². The summed E-state index contributed by atoms with van der Waals surface area (Å²) in [7, 11) is 0. The summed E-state index contributed by atoms with van der Waals surface area (Å²) in [6.45, 7) is 4.07. The van der Waals surface area contributed by atoms with E-state index in [4.69, 9.17) is 11.6 Å². The Labute approximate surface area is 125 Å². The smallest absolute Gasteiger partial charge is 0.141 e. The van der Waals surface area contributed by atoms with Crippen LogP contribution in [-0.2, 0) is 6.42 Å². The van der Waals surface area contributed by atoms with E-state index in [0.717, 1.165) is 21.3 Å². The zero-order chi connectivity index (χ0) is 14.3. The van der Waals surface area contributed by atoms with Gasteiger partial charge in [0.2, 0.25) is 0 Å². The summed E-state index contributed by atoms with van der Waals surface area (Å²) in [6.07, 6.45) is 0.476. The van der Waals surface area contributed by atoms with E-state index in [1.807, 2.05) is 19.9 Å². The molecular formula is C15H12ClFN2S. The Morgan fingerprint density at radius 3 is 2.80 bits per heavy atom. The Morgan fingerprint density at radius 2 is 2.05 bits per heavy atom. The monoisotopic (exact) mass is 306 g/mol. The van der Waals surface area contributed by atoms with Crippen LogP contribution in [-0.4, -0.2) is 9.97 Å². The molecule has 0 spiro atoms. The minimum Gasteiger partial charge on any atom is -0.222 e. The van der Waals surface area contributed by atoms with Gasteiger partial charge in [-0.05, 0) is 37.1 Å². The lowest BCUT2D eigenvalue weighted by Gasteiger charge is -2.03. The molecule has 3 rings (SSSR count). The van der Waals surface area contributed by atoms with E-state index in [2.05, 4.69) is 9.97 Å². The maximum Gasteiger partial charge on any atom is 0.141 e. The van der Waals surface area contributed by atoms with Gasteiger partial charge in [0.25, 0.3) is 0 Å². The molecule has 0 bridgehead atoms. The summed E-state index contributed by atoms with van der Waals surface area (Å²) in [4.78, 5) is 11.0. The molecule has 102 valence electrons. The van der Waals surface area contributed by atoms with E-state index in [1.54, 1.807) is 17.4 Å². The molecule has 0 saturated heterocycles. The number of benzene rings is 1. The van der Waals surface area contributed by atoms with Gasteiger partial charge in [0.1, 0.15) is 21.6 Å². The number of halogens is 2. The molecule has 2 heterocycles. The molecule has 20 heavy (non-hydrogen) atoms. The van der Waals surface area contributed by atoms with Gasteiger partial charge in [0.15, 0.2) is 0 Å². The fourth-order valence-corrected chi connectivity index (χ4v) is 3.58. The molecule has 3 aromatic rings. The van der Waals surface area contributed by atoms with Crippen LogP contribution in [0.1, 0.15) is 21.8 Å². The van der Waals surface area contributed by atoms with Crippen molar-refractivity contribution < 1.29 is 4.39 Å². The molecule has 0 radical (unpaired) electrons. The fraction of sp³-hybridized carbons (Fsp3) is 0.200. The predicted molar refractivity (Wildman–Crippen MR) is 81.1 cm³/mol. The second kappa shape index (κ2) is 5.11. The molecule has 0 saturated carbocycles. The van der Waals surface area contributed by atoms with Gasteiger partial charge < -0.3 is 0 Å². The van der Waals surface area contributed by atoms with Crippen molar-refractivity contribution in [1.82, 2.24) is 9.97 Å². The highest BCUT2D eigenvalue weighted by molar-refractivity contribution is 7.18. The minimum absolute atomic E-state index is 0.252. The number of nitrogens with zero attached hydrogens (tertiary/aromatic N) is 2. The summed E-state index contributed by atoms with van der Waals surface area (Å²) in [5, 5.41) is 1.40. The first-order valence-corrected chi connectivity index (χ1v) is 7.40. The van der Waals surface area contributed by atoms with Crippen LogP contribution in [0.5, 0.6) is 0 Å². The summed E-state index contributed by atoms with van der Waals surface area (Å²) in [6, 6.07) is 6.46. The van der Waals surface area contributed by atoms with Crippen molar-refractivity contribution in [2.45, 2.75) is 20.3 Å². The van der Waals surface area contributed by atoms with Crippen LogP contribution < -0.4 is 0 Å². The maximum absolute atomic E-state index is 13.2. The first-order chi connectivity index (χ1) is 9.54. The number of fused-ring (bicyclic) bond motifs is 1. The van der Waals surface area contributed by atoms with E-state index in [9.17, 15) is 4.39 Å². The van der Waals surface area contributed by atoms with Gasteiger partial charge >= 0.3 is 0 Å². The summed E-state index contributed by atoms with van der Waals surface area (Å²) < 4.78 is 13.2. The van der Waals surface area contributed by atoms with E-state index in [-0.39, 0.29) is 5.82 Å². The lowest BCUT2D eigenvalue weighted by atomic mass is 10.1. The lowest BCUT2D eigenvalue weighted by molar-refractivity contribution is 0.626. The molecule has 2 aromatic heterocycles. The topological polar surface area (TPSA) is 25.8 Å². The highest BCUT2D eigenvalue weighted by atomic mass is 35.5. The zero-order valence-corrected chi connectivity index (χ0v) is 12.6. The number of rotatable bonds is 2. The van der Waals surface area contributed by atoms with Crippen molar-refractivity contribution in [2.75, 3.05) is 0 Å². The Kier molecular flexibility index (Phi) is 3.44. The van der Waals surface area contributed by atoms with Gasteiger partial charge in [-0.3, -0.25) is 0 Å². The Bertz CT molecular complexity index is 798. The third kappa shape index (κ3) is 2.41. The van der Waals surface area contributed by atoms with Gasteiger partial charge in [0.05, 0.1) is 5.39 Å². The van der Waals surface area contributed by atoms with Gasteiger partial charge in [-0.25, -0.2) is 14.4 Å². The highest BCUT2D eigenvalue weighted by Gasteiger charge is 2.13. The molecule has 2 nitrogen and oxygen atoms in total. The highest BCUT2D eigenvalue weighted by Crippen LogP contribution is 2.33. The number of hydrogen-bond donors (Lipinski definition) is 0. The van der Waals surface area contributed by atoms with E-state index in [0.29, 0.717) is 17.4 Å². The maximum atomic E-state index is 13.2. The molecule has 0 atom stereocenters. The third-order valence-electron chi connectivity index (χ3n) is 3.28. The van der Waals surface area contributed by atoms with Crippen molar-refractivity contribution in [3.63, 3.8) is 0 Å².